The molecule has 0 atom stereocenters. The van der Waals surface area contributed by atoms with Crippen molar-refractivity contribution in [3.8, 4) is 0 Å². The second-order valence-corrected chi connectivity index (χ2v) is 4.94. The number of hydrogen-bond donors (Lipinski definition) is 1. The first-order valence-corrected chi connectivity index (χ1v) is 5.73. The average Bonchev–Trinajstić information content (AvgIpc) is 2.12. The zero-order valence-corrected chi connectivity index (χ0v) is 9.78. The highest BCUT2D eigenvalue weighted by Gasteiger charge is 2.39. The summed E-state index contributed by atoms with van der Waals surface area (Å²) in [6, 6.07) is 2.45. The molecule has 0 radical (unpaired) electrons. The van der Waals surface area contributed by atoms with Crippen molar-refractivity contribution in [2.45, 2.75) is 24.7 Å². The fourth-order valence-corrected chi connectivity index (χ4v) is 2.85. The summed E-state index contributed by atoms with van der Waals surface area (Å²) in [7, 11) is 0. The number of halogens is 3. The van der Waals surface area contributed by atoms with Crippen LogP contribution in [-0.4, -0.2) is 6.54 Å². The van der Waals surface area contributed by atoms with Crippen LogP contribution in [0.2, 0.25) is 0 Å². The van der Waals surface area contributed by atoms with E-state index >= 15 is 0 Å². The molecular weight excluding hydrogens is 264 g/mol. The van der Waals surface area contributed by atoms with E-state index < -0.39 is 11.6 Å². The molecule has 82 valence electrons. The molecule has 0 amide bonds. The lowest BCUT2D eigenvalue weighted by Crippen LogP contribution is -2.41. The normalized spacial score (nSPS) is 18.7. The second-order valence-electron chi connectivity index (χ2n) is 4.08. The molecule has 1 aliphatic rings. The van der Waals surface area contributed by atoms with Crippen LogP contribution in [0.15, 0.2) is 16.6 Å². The van der Waals surface area contributed by atoms with E-state index in [1.165, 1.54) is 12.1 Å². The van der Waals surface area contributed by atoms with Crippen LogP contribution < -0.4 is 5.73 Å². The maximum atomic E-state index is 13.1. The summed E-state index contributed by atoms with van der Waals surface area (Å²) in [6.45, 7) is 0.483. The van der Waals surface area contributed by atoms with Gasteiger partial charge in [-0.1, -0.05) is 22.4 Å². The van der Waals surface area contributed by atoms with Gasteiger partial charge in [0.1, 0.15) is 0 Å². The minimum absolute atomic E-state index is 0.145. The lowest BCUT2D eigenvalue weighted by Gasteiger charge is -2.42. The fourth-order valence-electron chi connectivity index (χ4n) is 2.12. The first kappa shape index (κ1) is 11.0. The molecule has 1 saturated carbocycles. The van der Waals surface area contributed by atoms with E-state index in [2.05, 4.69) is 15.9 Å². The van der Waals surface area contributed by atoms with Crippen molar-refractivity contribution in [2.75, 3.05) is 6.54 Å². The van der Waals surface area contributed by atoms with Gasteiger partial charge < -0.3 is 5.73 Å². The van der Waals surface area contributed by atoms with Crippen LogP contribution in [-0.2, 0) is 5.41 Å². The third-order valence-corrected chi connectivity index (χ3v) is 3.94. The summed E-state index contributed by atoms with van der Waals surface area (Å²) in [6.07, 6.45) is 3.00. The predicted molar refractivity (Wildman–Crippen MR) is 58.6 cm³/mol. The van der Waals surface area contributed by atoms with Crippen molar-refractivity contribution < 1.29 is 8.78 Å². The van der Waals surface area contributed by atoms with E-state index in [1.54, 1.807) is 0 Å². The zero-order chi connectivity index (χ0) is 11.1. The number of benzene rings is 1. The highest BCUT2D eigenvalue weighted by atomic mass is 79.9. The van der Waals surface area contributed by atoms with Crippen LogP contribution in [0.1, 0.15) is 24.8 Å². The summed E-state index contributed by atoms with van der Waals surface area (Å²) >= 11 is 3.27. The summed E-state index contributed by atoms with van der Waals surface area (Å²) < 4.78 is 26.7. The molecule has 1 aliphatic carbocycles. The van der Waals surface area contributed by atoms with E-state index in [4.69, 9.17) is 5.73 Å². The Bertz CT molecular complexity index is 383. The topological polar surface area (TPSA) is 26.0 Å². The fraction of sp³-hybridized carbons (Fsp3) is 0.455. The van der Waals surface area contributed by atoms with Crippen LogP contribution in [0.3, 0.4) is 0 Å². The Morgan fingerprint density at radius 1 is 1.27 bits per heavy atom. The van der Waals surface area contributed by atoms with E-state index in [1.807, 2.05) is 0 Å². The maximum absolute atomic E-state index is 13.1. The molecule has 1 nitrogen and oxygen atoms in total. The molecule has 0 saturated heterocycles. The Morgan fingerprint density at radius 2 is 1.87 bits per heavy atom. The summed E-state index contributed by atoms with van der Waals surface area (Å²) in [5, 5.41) is 0. The Balaban J connectivity index is 2.47. The summed E-state index contributed by atoms with van der Waals surface area (Å²) in [4.78, 5) is 0. The average molecular weight is 276 g/mol. The van der Waals surface area contributed by atoms with Gasteiger partial charge in [-0.3, -0.25) is 0 Å². The first-order chi connectivity index (χ1) is 7.09. The molecule has 0 unspecified atom stereocenters. The molecule has 2 rings (SSSR count). The molecule has 0 spiro atoms. The van der Waals surface area contributed by atoms with Crippen molar-refractivity contribution >= 4 is 15.9 Å². The molecule has 0 aliphatic heterocycles. The molecule has 0 heterocycles. The second kappa shape index (κ2) is 3.83. The highest BCUT2D eigenvalue weighted by Crippen LogP contribution is 2.45. The van der Waals surface area contributed by atoms with Crippen LogP contribution in [0.25, 0.3) is 0 Å². The van der Waals surface area contributed by atoms with Gasteiger partial charge >= 0.3 is 0 Å². The van der Waals surface area contributed by atoms with E-state index in [0.29, 0.717) is 11.0 Å². The largest absolute Gasteiger partial charge is 0.330 e. The van der Waals surface area contributed by atoms with Gasteiger partial charge in [-0.25, -0.2) is 8.78 Å². The molecule has 15 heavy (non-hydrogen) atoms. The van der Waals surface area contributed by atoms with E-state index in [9.17, 15) is 8.78 Å². The quantitative estimate of drug-likeness (QED) is 0.825. The first-order valence-electron chi connectivity index (χ1n) is 4.94. The van der Waals surface area contributed by atoms with Gasteiger partial charge in [0, 0.05) is 16.4 Å². The van der Waals surface area contributed by atoms with Crippen LogP contribution in [0.4, 0.5) is 8.78 Å². The van der Waals surface area contributed by atoms with Crippen LogP contribution >= 0.6 is 15.9 Å². The van der Waals surface area contributed by atoms with Gasteiger partial charge in [0.05, 0.1) is 0 Å². The minimum Gasteiger partial charge on any atom is -0.330 e. The SMILES string of the molecule is NCC1(c2cc(F)c(F)cc2Br)CCC1. The molecule has 0 aromatic heterocycles. The summed E-state index contributed by atoms with van der Waals surface area (Å²) in [5.74, 6) is -1.62. The Kier molecular flexibility index (Phi) is 2.81. The van der Waals surface area contributed by atoms with Crippen molar-refractivity contribution in [1.82, 2.24) is 0 Å². The minimum atomic E-state index is -0.822. The van der Waals surface area contributed by atoms with E-state index in [-0.39, 0.29) is 5.41 Å². The Hall–Kier alpha value is -0.480. The molecular formula is C11H12BrF2N. The Morgan fingerprint density at radius 3 is 2.33 bits per heavy atom. The predicted octanol–water partition coefficient (Wildman–Crippen LogP) is 3.11. The van der Waals surface area contributed by atoms with E-state index in [0.717, 1.165) is 24.8 Å². The third-order valence-electron chi connectivity index (χ3n) is 3.28. The maximum Gasteiger partial charge on any atom is 0.159 e. The van der Waals surface area contributed by atoms with Crippen molar-refractivity contribution in [2.24, 2.45) is 5.73 Å². The van der Waals surface area contributed by atoms with Gasteiger partial charge in [-0.05, 0) is 30.5 Å². The third kappa shape index (κ3) is 1.70. The number of rotatable bonds is 2. The molecule has 0 bridgehead atoms. The number of nitrogens with two attached hydrogens (primary N) is 1. The smallest absolute Gasteiger partial charge is 0.159 e. The molecule has 1 aromatic carbocycles. The molecule has 4 heteroatoms. The lowest BCUT2D eigenvalue weighted by atomic mass is 9.64. The van der Waals surface area contributed by atoms with Gasteiger partial charge in [-0.2, -0.15) is 0 Å². The van der Waals surface area contributed by atoms with Gasteiger partial charge in [-0.15, -0.1) is 0 Å². The Labute approximate surface area is 95.8 Å². The summed E-state index contributed by atoms with van der Waals surface area (Å²) in [5.41, 5.74) is 6.38. The van der Waals surface area contributed by atoms with Crippen LogP contribution in [0.5, 0.6) is 0 Å². The van der Waals surface area contributed by atoms with Crippen molar-refractivity contribution in [3.63, 3.8) is 0 Å². The van der Waals surface area contributed by atoms with Crippen molar-refractivity contribution in [3.05, 3.63) is 33.8 Å². The highest BCUT2D eigenvalue weighted by molar-refractivity contribution is 9.10. The monoisotopic (exact) mass is 275 g/mol. The van der Waals surface area contributed by atoms with Crippen LogP contribution in [0, 0.1) is 11.6 Å². The zero-order valence-electron chi connectivity index (χ0n) is 8.19. The van der Waals surface area contributed by atoms with Gasteiger partial charge in [0.2, 0.25) is 0 Å². The molecule has 1 fully saturated rings. The van der Waals surface area contributed by atoms with Gasteiger partial charge in [0.15, 0.2) is 11.6 Å². The standard InChI is InChI=1S/C11H12BrF2N/c12-8-5-10(14)9(13)4-7(8)11(6-15)2-1-3-11/h4-5H,1-3,6,15H2. The van der Waals surface area contributed by atoms with Gasteiger partial charge in [0.25, 0.3) is 0 Å². The molecule has 2 N–H and O–H groups in total. The molecule has 1 aromatic rings. The lowest BCUT2D eigenvalue weighted by molar-refractivity contribution is 0.250. The number of hydrogen-bond acceptors (Lipinski definition) is 1. The van der Waals surface area contributed by atoms with Crippen molar-refractivity contribution in [1.29, 1.82) is 0 Å².